The van der Waals surface area contributed by atoms with Gasteiger partial charge in [-0.15, -0.1) is 0 Å². The Labute approximate surface area is 65.0 Å². The van der Waals surface area contributed by atoms with E-state index in [9.17, 15) is 0 Å². The van der Waals surface area contributed by atoms with E-state index < -0.39 is 16.5 Å². The molecule has 5 N–H and O–H groups in total. The van der Waals surface area contributed by atoms with Gasteiger partial charge >= 0.3 is 35.4 Å². The van der Waals surface area contributed by atoms with Gasteiger partial charge in [-0.3, -0.25) is 4.46 Å². The first-order chi connectivity index (χ1) is 3.46. The predicted molar refractivity (Wildman–Crippen MR) is 30.4 cm³/mol. The first-order valence-electron chi connectivity index (χ1n) is 1.43. The third-order valence-electron chi connectivity index (χ3n) is 0. The van der Waals surface area contributed by atoms with Gasteiger partial charge in [0.05, 0.1) is 0 Å². The van der Waals surface area contributed by atoms with Gasteiger partial charge in [-0.25, -0.2) is 0 Å². The van der Waals surface area contributed by atoms with Gasteiger partial charge in [0, 0.05) is 0 Å². The number of hydrogen-bond acceptors (Lipinski definition) is 4. The van der Waals surface area contributed by atoms with Crippen LogP contribution in [0, 0.1) is 0 Å². The van der Waals surface area contributed by atoms with Gasteiger partial charge in [-0.05, 0) is 0 Å². The third kappa shape index (κ3) is 12200. The van der Waals surface area contributed by atoms with Crippen LogP contribution in [0.3, 0.4) is 0 Å². The van der Waals surface area contributed by atoms with Crippen molar-refractivity contribution in [1.82, 2.24) is 0 Å². The molecule has 9 heteroatoms. The van der Waals surface area contributed by atoms with Crippen molar-refractivity contribution < 1.29 is 29.1 Å². The number of rotatable bonds is 0. The van der Waals surface area contributed by atoms with Crippen molar-refractivity contribution in [2.24, 2.45) is 0 Å². The fraction of sp³-hybridized carbons (Fsp3) is 0. The average Bonchev–Trinajstić information content (AvgIpc) is 1.25. The minimum absolute atomic E-state index is 0. The van der Waals surface area contributed by atoms with Crippen molar-refractivity contribution >= 4 is 35.4 Å². The molecular formula is H6BLiO6Si. The van der Waals surface area contributed by atoms with Crippen LogP contribution in [0.25, 0.3) is 0 Å². The van der Waals surface area contributed by atoms with Gasteiger partial charge in [-0.1, -0.05) is 0 Å². The molecule has 0 saturated heterocycles. The van der Waals surface area contributed by atoms with Gasteiger partial charge in [0.2, 0.25) is 0 Å². The van der Waals surface area contributed by atoms with E-state index in [1.54, 1.807) is 0 Å². The summed E-state index contributed by atoms with van der Waals surface area (Å²) in [5.74, 6) is 0. The van der Waals surface area contributed by atoms with Gasteiger partial charge in [0.25, 0.3) is 0 Å². The molecule has 50 valence electrons. The van der Waals surface area contributed by atoms with Gasteiger partial charge in [0.1, 0.15) is 0 Å². The first-order valence-corrected chi connectivity index (χ1v) is 2.73. The fourth-order valence-electron chi connectivity index (χ4n) is 0. The maximum atomic E-state index is 8.74. The standard InChI is InChI=1S/BH3O3.Li.H2O3Si.H/c2-1(3)4;;1-4(2)3;/h2-4H;;1-2H;. The molecule has 0 aliphatic heterocycles. The summed E-state index contributed by atoms with van der Waals surface area (Å²) in [6, 6.07) is 0. The van der Waals surface area contributed by atoms with Crippen molar-refractivity contribution in [2.75, 3.05) is 0 Å². The molecule has 0 aromatic heterocycles. The van der Waals surface area contributed by atoms with Crippen LogP contribution in [0.5, 0.6) is 0 Å². The summed E-state index contributed by atoms with van der Waals surface area (Å²) in [5.41, 5.74) is 0. The zero-order valence-corrected chi connectivity index (χ0v) is 4.72. The molecule has 0 unspecified atom stereocenters. The monoisotopic (exact) mass is 148 g/mol. The topological polar surface area (TPSA) is 118 Å². The average molecular weight is 148 g/mol. The molecular weight excluding hydrogens is 142 g/mol. The molecule has 0 aromatic rings. The van der Waals surface area contributed by atoms with Crippen LogP contribution < -0.4 is 0 Å². The molecule has 0 fully saturated rings. The van der Waals surface area contributed by atoms with E-state index in [2.05, 4.69) is 0 Å². The van der Waals surface area contributed by atoms with Crippen molar-refractivity contribution in [2.45, 2.75) is 0 Å². The molecule has 0 aliphatic rings. The third-order valence-corrected chi connectivity index (χ3v) is 0. The summed E-state index contributed by atoms with van der Waals surface area (Å²) in [6.07, 6.45) is 0. The quantitative estimate of drug-likeness (QED) is 0.222. The second kappa shape index (κ2) is 11.0. The van der Waals surface area contributed by atoms with Crippen LogP contribution in [0.4, 0.5) is 0 Å². The number of hydrogen-bond donors (Lipinski definition) is 5. The Kier molecular flexibility index (Phi) is 19.7. The van der Waals surface area contributed by atoms with E-state index in [4.69, 9.17) is 29.1 Å². The molecule has 0 spiro atoms. The second-order valence-corrected chi connectivity index (χ2v) is 1.19. The van der Waals surface area contributed by atoms with Crippen molar-refractivity contribution in [3.8, 4) is 0 Å². The van der Waals surface area contributed by atoms with Crippen molar-refractivity contribution in [3.63, 3.8) is 0 Å². The molecule has 0 radical (unpaired) electrons. The molecule has 0 atom stereocenters. The molecule has 6 nitrogen and oxygen atoms in total. The van der Waals surface area contributed by atoms with Crippen LogP contribution in [-0.2, 0) is 4.46 Å². The summed E-state index contributed by atoms with van der Waals surface area (Å²) in [5, 5.41) is 21.5. The molecule has 0 rings (SSSR count). The van der Waals surface area contributed by atoms with Crippen LogP contribution >= 0.6 is 0 Å². The Bertz CT molecular complexity index is 57.3. The van der Waals surface area contributed by atoms with Crippen molar-refractivity contribution in [1.29, 1.82) is 0 Å². The Balaban J connectivity index is -0.0000000720. The van der Waals surface area contributed by atoms with E-state index in [1.807, 2.05) is 0 Å². The Morgan fingerprint density at radius 1 is 1.11 bits per heavy atom. The van der Waals surface area contributed by atoms with E-state index in [1.165, 1.54) is 0 Å². The van der Waals surface area contributed by atoms with E-state index >= 15 is 0 Å². The van der Waals surface area contributed by atoms with E-state index in [-0.39, 0.29) is 18.9 Å². The van der Waals surface area contributed by atoms with Crippen molar-refractivity contribution in [3.05, 3.63) is 0 Å². The second-order valence-electron chi connectivity index (χ2n) is 0.629. The molecule has 0 heterocycles. The summed E-state index contributed by atoms with van der Waals surface area (Å²) in [7, 11) is -5.30. The van der Waals surface area contributed by atoms with Gasteiger partial charge in [0.15, 0.2) is 0 Å². The Morgan fingerprint density at radius 3 is 1.11 bits per heavy atom. The van der Waals surface area contributed by atoms with Gasteiger partial charge in [-0.2, -0.15) is 0 Å². The summed E-state index contributed by atoms with van der Waals surface area (Å²) in [6.45, 7) is 0. The molecule has 0 aromatic carbocycles. The minimum atomic E-state index is -3.13. The van der Waals surface area contributed by atoms with Crippen LogP contribution in [0.15, 0.2) is 0 Å². The van der Waals surface area contributed by atoms with Gasteiger partial charge < -0.3 is 24.7 Å². The molecule has 9 heavy (non-hydrogen) atoms. The molecule has 0 saturated carbocycles. The van der Waals surface area contributed by atoms with E-state index in [0.717, 1.165) is 0 Å². The fourth-order valence-corrected chi connectivity index (χ4v) is 0. The zero-order valence-electron chi connectivity index (χ0n) is 3.72. The van der Waals surface area contributed by atoms with Crippen LogP contribution in [0.1, 0.15) is 0 Å². The normalized spacial score (nSPS) is 5.67. The Hall–Kier alpha value is 0.159. The van der Waals surface area contributed by atoms with E-state index in [0.29, 0.717) is 0 Å². The molecule has 0 bridgehead atoms. The summed E-state index contributed by atoms with van der Waals surface area (Å²) < 4.78 is 8.74. The molecule has 0 amide bonds. The maximum absolute atomic E-state index is 8.74. The summed E-state index contributed by atoms with van der Waals surface area (Å²) in [4.78, 5) is 14.3. The zero-order chi connectivity index (χ0) is 7.15. The molecule has 0 aliphatic carbocycles. The summed E-state index contributed by atoms with van der Waals surface area (Å²) >= 11 is 0. The Morgan fingerprint density at radius 2 is 1.11 bits per heavy atom. The first kappa shape index (κ1) is 16.1. The van der Waals surface area contributed by atoms with Crippen LogP contribution in [-0.4, -0.2) is 60.0 Å². The SMILES string of the molecule is O=[Si](O)O.OB(O)O.[LiH]. The predicted octanol–water partition coefficient (Wildman–Crippen LogP) is -4.31. The van der Waals surface area contributed by atoms with Crippen LogP contribution in [0.2, 0.25) is 0 Å².